The van der Waals surface area contributed by atoms with E-state index in [9.17, 15) is 0 Å². The summed E-state index contributed by atoms with van der Waals surface area (Å²) in [5.41, 5.74) is 2.48. The molecule has 3 nitrogen and oxygen atoms in total. The Bertz CT molecular complexity index is 411. The quantitative estimate of drug-likeness (QED) is 0.902. The molecule has 0 saturated carbocycles. The van der Waals surface area contributed by atoms with Gasteiger partial charge in [-0.15, -0.1) is 0 Å². The number of hydrogen-bond donors (Lipinski definition) is 1. The number of piperidine rings is 1. The zero-order valence-corrected chi connectivity index (χ0v) is 12.6. The molecule has 1 aliphatic heterocycles. The van der Waals surface area contributed by atoms with Gasteiger partial charge in [-0.2, -0.15) is 0 Å². The first kappa shape index (κ1) is 14.2. The van der Waals surface area contributed by atoms with Crippen molar-refractivity contribution in [3.05, 3.63) is 23.8 Å². The average Bonchev–Trinajstić information content (AvgIpc) is 2.41. The van der Waals surface area contributed by atoms with Gasteiger partial charge < -0.3 is 15.0 Å². The first-order valence-electron chi connectivity index (χ1n) is 7.20. The van der Waals surface area contributed by atoms with Crippen LogP contribution in [-0.2, 0) is 0 Å². The number of ether oxygens (including phenoxy) is 1. The van der Waals surface area contributed by atoms with Gasteiger partial charge in [0.2, 0.25) is 0 Å². The lowest BCUT2D eigenvalue weighted by Crippen LogP contribution is -2.37. The van der Waals surface area contributed by atoms with Crippen molar-refractivity contribution >= 4 is 5.69 Å². The highest BCUT2D eigenvalue weighted by molar-refractivity contribution is 5.54. The number of methoxy groups -OCH3 is 1. The Morgan fingerprint density at radius 3 is 2.58 bits per heavy atom. The minimum Gasteiger partial charge on any atom is -0.497 e. The van der Waals surface area contributed by atoms with Crippen LogP contribution in [0.4, 0.5) is 5.69 Å². The molecule has 0 bridgehead atoms. The lowest BCUT2D eigenvalue weighted by atomic mass is 9.90. The number of benzene rings is 1. The Morgan fingerprint density at radius 2 is 2.00 bits per heavy atom. The number of anilines is 1. The fraction of sp³-hybridized carbons (Fsp3) is 0.625. The molecule has 0 aromatic heterocycles. The van der Waals surface area contributed by atoms with Crippen molar-refractivity contribution in [3.8, 4) is 5.75 Å². The van der Waals surface area contributed by atoms with Gasteiger partial charge >= 0.3 is 0 Å². The molecule has 1 saturated heterocycles. The third kappa shape index (κ3) is 3.63. The lowest BCUT2D eigenvalue weighted by molar-refractivity contribution is 0.208. The number of hydrogen-bond acceptors (Lipinski definition) is 3. The van der Waals surface area contributed by atoms with Crippen LogP contribution in [0.25, 0.3) is 0 Å². The van der Waals surface area contributed by atoms with Crippen LogP contribution >= 0.6 is 0 Å². The standard InChI is InChI=1S/C16H26N2O/c1-12-11-15(19-4)5-6-16(12)17-13(2)14-7-9-18(3)10-8-14/h5-6,11,13-14,17H,7-10H2,1-4H3. The highest BCUT2D eigenvalue weighted by Gasteiger charge is 2.22. The number of nitrogens with zero attached hydrogens (tertiary/aromatic N) is 1. The maximum Gasteiger partial charge on any atom is 0.119 e. The minimum atomic E-state index is 0.529. The van der Waals surface area contributed by atoms with Crippen LogP contribution in [0.2, 0.25) is 0 Å². The molecule has 0 amide bonds. The third-order valence-electron chi connectivity index (χ3n) is 4.29. The summed E-state index contributed by atoms with van der Waals surface area (Å²) in [6.07, 6.45) is 2.58. The van der Waals surface area contributed by atoms with Crippen molar-refractivity contribution in [3.63, 3.8) is 0 Å². The van der Waals surface area contributed by atoms with Crippen LogP contribution in [0, 0.1) is 12.8 Å². The van der Waals surface area contributed by atoms with E-state index in [2.05, 4.69) is 43.2 Å². The number of rotatable bonds is 4. The van der Waals surface area contributed by atoms with Crippen molar-refractivity contribution < 1.29 is 4.74 Å². The van der Waals surface area contributed by atoms with E-state index in [-0.39, 0.29) is 0 Å². The molecular formula is C16H26N2O. The maximum atomic E-state index is 5.25. The third-order valence-corrected chi connectivity index (χ3v) is 4.29. The molecule has 1 aromatic rings. The molecule has 1 heterocycles. The van der Waals surface area contributed by atoms with Gasteiger partial charge in [-0.05, 0) is 76.5 Å². The Morgan fingerprint density at radius 1 is 1.32 bits per heavy atom. The van der Waals surface area contributed by atoms with Crippen molar-refractivity contribution in [1.29, 1.82) is 0 Å². The normalized spacial score (nSPS) is 19.2. The van der Waals surface area contributed by atoms with Crippen LogP contribution in [0.3, 0.4) is 0 Å². The summed E-state index contributed by atoms with van der Waals surface area (Å²) >= 11 is 0. The molecule has 1 unspecified atom stereocenters. The zero-order valence-electron chi connectivity index (χ0n) is 12.6. The monoisotopic (exact) mass is 262 g/mol. The van der Waals surface area contributed by atoms with E-state index in [1.165, 1.54) is 37.2 Å². The van der Waals surface area contributed by atoms with Crippen molar-refractivity contribution in [2.45, 2.75) is 32.7 Å². The van der Waals surface area contributed by atoms with Gasteiger partial charge in [0.25, 0.3) is 0 Å². The number of likely N-dealkylation sites (tertiary alicyclic amines) is 1. The molecular weight excluding hydrogens is 236 g/mol. The van der Waals surface area contributed by atoms with Gasteiger partial charge in [0, 0.05) is 11.7 Å². The second-order valence-electron chi connectivity index (χ2n) is 5.75. The van der Waals surface area contributed by atoms with Gasteiger partial charge in [-0.3, -0.25) is 0 Å². The predicted octanol–water partition coefficient (Wildman–Crippen LogP) is 3.15. The second kappa shape index (κ2) is 6.29. The summed E-state index contributed by atoms with van der Waals surface area (Å²) in [5, 5.41) is 3.67. The number of aryl methyl sites for hydroxylation is 1. The lowest BCUT2D eigenvalue weighted by Gasteiger charge is -2.33. The van der Waals surface area contributed by atoms with E-state index in [1.807, 2.05) is 6.07 Å². The zero-order chi connectivity index (χ0) is 13.8. The highest BCUT2D eigenvalue weighted by Crippen LogP contribution is 2.26. The van der Waals surface area contributed by atoms with Gasteiger partial charge in [0.05, 0.1) is 7.11 Å². The topological polar surface area (TPSA) is 24.5 Å². The van der Waals surface area contributed by atoms with Gasteiger partial charge in [0.1, 0.15) is 5.75 Å². The molecule has 1 atom stereocenters. The van der Waals surface area contributed by atoms with Crippen molar-refractivity contribution in [1.82, 2.24) is 4.90 Å². The van der Waals surface area contributed by atoms with Gasteiger partial charge in [0.15, 0.2) is 0 Å². The Hall–Kier alpha value is -1.22. The van der Waals surface area contributed by atoms with Crippen molar-refractivity contribution in [2.24, 2.45) is 5.92 Å². The van der Waals surface area contributed by atoms with E-state index in [4.69, 9.17) is 4.74 Å². The Kier molecular flexibility index (Phi) is 4.70. The summed E-state index contributed by atoms with van der Waals surface area (Å²) in [5.74, 6) is 1.70. The summed E-state index contributed by atoms with van der Waals surface area (Å²) < 4.78 is 5.25. The Balaban J connectivity index is 1.96. The SMILES string of the molecule is COc1ccc(NC(C)C2CCN(C)CC2)c(C)c1. The predicted molar refractivity (Wildman–Crippen MR) is 81.0 cm³/mol. The van der Waals surface area contributed by atoms with Crippen LogP contribution in [0.5, 0.6) is 5.75 Å². The summed E-state index contributed by atoms with van der Waals surface area (Å²) in [7, 11) is 3.92. The fourth-order valence-corrected chi connectivity index (χ4v) is 2.82. The first-order chi connectivity index (χ1) is 9.10. The fourth-order valence-electron chi connectivity index (χ4n) is 2.82. The minimum absolute atomic E-state index is 0.529. The molecule has 106 valence electrons. The maximum absolute atomic E-state index is 5.25. The number of nitrogens with one attached hydrogen (secondary N) is 1. The molecule has 2 rings (SSSR count). The van der Waals surface area contributed by atoms with E-state index < -0.39 is 0 Å². The van der Waals surface area contributed by atoms with E-state index in [0.717, 1.165) is 11.7 Å². The summed E-state index contributed by atoms with van der Waals surface area (Å²) in [6.45, 7) is 6.88. The molecule has 0 aliphatic carbocycles. The molecule has 1 aliphatic rings. The van der Waals surface area contributed by atoms with Crippen LogP contribution in [0.15, 0.2) is 18.2 Å². The smallest absolute Gasteiger partial charge is 0.119 e. The molecule has 0 spiro atoms. The van der Waals surface area contributed by atoms with Crippen molar-refractivity contribution in [2.75, 3.05) is 32.6 Å². The van der Waals surface area contributed by atoms with E-state index in [0.29, 0.717) is 6.04 Å². The highest BCUT2D eigenvalue weighted by atomic mass is 16.5. The van der Waals surface area contributed by atoms with Gasteiger partial charge in [-0.1, -0.05) is 0 Å². The second-order valence-corrected chi connectivity index (χ2v) is 5.75. The average molecular weight is 262 g/mol. The molecule has 0 radical (unpaired) electrons. The van der Waals surface area contributed by atoms with E-state index >= 15 is 0 Å². The van der Waals surface area contributed by atoms with Crippen LogP contribution in [-0.4, -0.2) is 38.2 Å². The van der Waals surface area contributed by atoms with E-state index in [1.54, 1.807) is 7.11 Å². The molecule has 1 N–H and O–H groups in total. The Labute approximate surface area is 116 Å². The molecule has 1 fully saturated rings. The largest absolute Gasteiger partial charge is 0.497 e. The van der Waals surface area contributed by atoms with Crippen LogP contribution in [0.1, 0.15) is 25.3 Å². The van der Waals surface area contributed by atoms with Crippen LogP contribution < -0.4 is 10.1 Å². The first-order valence-corrected chi connectivity index (χ1v) is 7.20. The van der Waals surface area contributed by atoms with Gasteiger partial charge in [-0.25, -0.2) is 0 Å². The summed E-state index contributed by atoms with van der Waals surface area (Å²) in [6, 6.07) is 6.76. The molecule has 19 heavy (non-hydrogen) atoms. The molecule has 1 aromatic carbocycles. The summed E-state index contributed by atoms with van der Waals surface area (Å²) in [4.78, 5) is 2.42. The molecule has 3 heteroatoms.